The fourth-order valence-corrected chi connectivity index (χ4v) is 3.73. The van der Waals surface area contributed by atoms with Gasteiger partial charge in [-0.25, -0.2) is 0 Å². The molecule has 2 rings (SSSR count). The van der Waals surface area contributed by atoms with E-state index in [0.29, 0.717) is 24.0 Å². The summed E-state index contributed by atoms with van der Waals surface area (Å²) < 4.78 is 16.1. The van der Waals surface area contributed by atoms with E-state index in [-0.39, 0.29) is 11.9 Å². The van der Waals surface area contributed by atoms with Crippen molar-refractivity contribution in [1.29, 1.82) is 0 Å². The van der Waals surface area contributed by atoms with E-state index in [1.807, 2.05) is 36.0 Å². The molecular weight excluding hydrogens is 288 g/mol. The number of carbonyl (C=O) groups excluding carboxylic acids is 1. The van der Waals surface area contributed by atoms with Crippen LogP contribution in [0.4, 0.5) is 0 Å². The van der Waals surface area contributed by atoms with Crippen LogP contribution in [0, 0.1) is 11.8 Å². The van der Waals surface area contributed by atoms with Crippen molar-refractivity contribution in [1.82, 2.24) is 0 Å². The van der Waals surface area contributed by atoms with E-state index in [1.54, 1.807) is 7.11 Å². The summed E-state index contributed by atoms with van der Waals surface area (Å²) in [6.45, 7) is 0.336. The van der Waals surface area contributed by atoms with Crippen LogP contribution in [0.2, 0.25) is 0 Å². The van der Waals surface area contributed by atoms with Crippen LogP contribution in [0.25, 0.3) is 0 Å². The largest absolute Gasteiger partial charge is 0.493 e. The first-order chi connectivity index (χ1) is 10.3. The first-order valence-electron chi connectivity index (χ1n) is 7.17. The maximum Gasteiger partial charge on any atom is 0.312 e. The van der Waals surface area contributed by atoms with Crippen molar-refractivity contribution in [3.8, 4) is 11.5 Å². The van der Waals surface area contributed by atoms with Gasteiger partial charge in [-0.3, -0.25) is 4.79 Å². The molecule has 0 aliphatic carbocycles. The predicted octanol–water partition coefficient (Wildman–Crippen LogP) is 3.01. The summed E-state index contributed by atoms with van der Waals surface area (Å²) in [4.78, 5) is 12.0. The quantitative estimate of drug-likeness (QED) is 0.756. The Labute approximate surface area is 130 Å². The zero-order valence-corrected chi connectivity index (χ0v) is 13.4. The van der Waals surface area contributed by atoms with E-state index in [2.05, 4.69) is 0 Å². The summed E-state index contributed by atoms with van der Waals surface area (Å²) in [5.74, 6) is 3.51. The lowest BCUT2D eigenvalue weighted by atomic mass is 9.88. The van der Waals surface area contributed by atoms with Crippen LogP contribution in [0.5, 0.6) is 11.5 Å². The Morgan fingerprint density at radius 2 is 1.90 bits per heavy atom. The molecule has 1 aliphatic heterocycles. The summed E-state index contributed by atoms with van der Waals surface area (Å²) in [5.41, 5.74) is 0. The number of methoxy groups -OCH3 is 2. The maximum absolute atomic E-state index is 12.0. The van der Waals surface area contributed by atoms with Gasteiger partial charge in [0.05, 0.1) is 20.1 Å². The highest BCUT2D eigenvalue weighted by atomic mass is 32.2. The average Bonchev–Trinajstić information content (AvgIpc) is 2.56. The molecule has 1 fully saturated rings. The minimum absolute atomic E-state index is 0.179. The van der Waals surface area contributed by atoms with Gasteiger partial charge in [0, 0.05) is 0 Å². The molecule has 21 heavy (non-hydrogen) atoms. The highest BCUT2D eigenvalue weighted by molar-refractivity contribution is 7.99. The van der Waals surface area contributed by atoms with Gasteiger partial charge in [0.15, 0.2) is 11.5 Å². The van der Waals surface area contributed by atoms with E-state index < -0.39 is 0 Å². The SMILES string of the molecule is COC(=O)C(COc1ccccc1OC)C1CCSCC1. The number of benzene rings is 1. The predicted molar refractivity (Wildman–Crippen MR) is 84.0 cm³/mol. The Hall–Kier alpha value is -1.36. The van der Waals surface area contributed by atoms with Crippen LogP contribution >= 0.6 is 11.8 Å². The second-order valence-corrected chi connectivity index (χ2v) is 6.27. The fourth-order valence-electron chi connectivity index (χ4n) is 2.58. The molecular formula is C16H22O4S. The first-order valence-corrected chi connectivity index (χ1v) is 8.33. The molecule has 0 N–H and O–H groups in total. The summed E-state index contributed by atoms with van der Waals surface area (Å²) in [5, 5.41) is 0. The van der Waals surface area contributed by atoms with Crippen molar-refractivity contribution < 1.29 is 19.0 Å². The molecule has 0 bridgehead atoms. The summed E-state index contributed by atoms with van der Waals surface area (Å²) >= 11 is 1.94. The minimum Gasteiger partial charge on any atom is -0.493 e. The summed E-state index contributed by atoms with van der Waals surface area (Å²) in [7, 11) is 3.05. The van der Waals surface area contributed by atoms with Gasteiger partial charge >= 0.3 is 5.97 Å². The van der Waals surface area contributed by atoms with E-state index in [9.17, 15) is 4.79 Å². The molecule has 0 radical (unpaired) electrons. The highest BCUT2D eigenvalue weighted by Gasteiger charge is 2.31. The lowest BCUT2D eigenvalue weighted by Gasteiger charge is -2.28. The third-order valence-corrected chi connectivity index (χ3v) is 4.88. The van der Waals surface area contributed by atoms with Crippen molar-refractivity contribution in [2.75, 3.05) is 32.3 Å². The number of rotatable bonds is 6. The number of carbonyl (C=O) groups is 1. The Balaban J connectivity index is 2.02. The fraction of sp³-hybridized carbons (Fsp3) is 0.562. The van der Waals surface area contributed by atoms with E-state index in [4.69, 9.17) is 14.2 Å². The number of thioether (sulfide) groups is 1. The Kier molecular flexibility index (Phi) is 6.23. The summed E-state index contributed by atoms with van der Waals surface area (Å²) in [6.07, 6.45) is 2.08. The number of para-hydroxylation sites is 2. The van der Waals surface area contributed by atoms with Crippen molar-refractivity contribution >= 4 is 17.7 Å². The van der Waals surface area contributed by atoms with E-state index in [1.165, 1.54) is 7.11 Å². The molecule has 1 saturated heterocycles. The average molecular weight is 310 g/mol. The second kappa shape index (κ2) is 8.17. The van der Waals surface area contributed by atoms with Crippen LogP contribution in [0.3, 0.4) is 0 Å². The Morgan fingerprint density at radius 1 is 1.24 bits per heavy atom. The lowest BCUT2D eigenvalue weighted by Crippen LogP contribution is -2.32. The molecule has 5 heteroatoms. The Morgan fingerprint density at radius 3 is 2.52 bits per heavy atom. The molecule has 1 heterocycles. The third kappa shape index (κ3) is 4.30. The topological polar surface area (TPSA) is 44.8 Å². The van der Waals surface area contributed by atoms with Crippen LogP contribution in [-0.2, 0) is 9.53 Å². The van der Waals surface area contributed by atoms with Gasteiger partial charge in [0.1, 0.15) is 6.61 Å². The zero-order chi connectivity index (χ0) is 15.1. The molecule has 1 unspecified atom stereocenters. The molecule has 1 aromatic carbocycles. The smallest absolute Gasteiger partial charge is 0.312 e. The van der Waals surface area contributed by atoms with Crippen molar-refractivity contribution in [2.45, 2.75) is 12.8 Å². The maximum atomic E-state index is 12.0. The molecule has 4 nitrogen and oxygen atoms in total. The van der Waals surface area contributed by atoms with Gasteiger partial charge in [-0.15, -0.1) is 0 Å². The Bertz CT molecular complexity index is 457. The van der Waals surface area contributed by atoms with E-state index in [0.717, 1.165) is 24.3 Å². The van der Waals surface area contributed by atoms with E-state index >= 15 is 0 Å². The minimum atomic E-state index is -0.208. The van der Waals surface area contributed by atoms with Crippen LogP contribution in [0.15, 0.2) is 24.3 Å². The number of hydrogen-bond acceptors (Lipinski definition) is 5. The van der Waals surface area contributed by atoms with Crippen LogP contribution < -0.4 is 9.47 Å². The van der Waals surface area contributed by atoms with Gasteiger partial charge in [-0.05, 0) is 42.4 Å². The van der Waals surface area contributed by atoms with Gasteiger partial charge < -0.3 is 14.2 Å². The highest BCUT2D eigenvalue weighted by Crippen LogP contribution is 2.32. The van der Waals surface area contributed by atoms with Gasteiger partial charge in [-0.2, -0.15) is 11.8 Å². The molecule has 0 saturated carbocycles. The van der Waals surface area contributed by atoms with Crippen molar-refractivity contribution in [2.24, 2.45) is 11.8 Å². The summed E-state index contributed by atoms with van der Waals surface area (Å²) in [6, 6.07) is 7.48. The van der Waals surface area contributed by atoms with Crippen LogP contribution in [-0.4, -0.2) is 38.3 Å². The number of ether oxygens (including phenoxy) is 3. The van der Waals surface area contributed by atoms with Gasteiger partial charge in [0.2, 0.25) is 0 Å². The number of esters is 1. The zero-order valence-electron chi connectivity index (χ0n) is 12.5. The van der Waals surface area contributed by atoms with Crippen molar-refractivity contribution in [3.63, 3.8) is 0 Å². The number of hydrogen-bond donors (Lipinski definition) is 0. The van der Waals surface area contributed by atoms with Gasteiger partial charge in [0.25, 0.3) is 0 Å². The van der Waals surface area contributed by atoms with Gasteiger partial charge in [-0.1, -0.05) is 12.1 Å². The first kappa shape index (κ1) is 16.0. The second-order valence-electron chi connectivity index (χ2n) is 5.04. The molecule has 0 amide bonds. The third-order valence-electron chi connectivity index (χ3n) is 3.83. The monoisotopic (exact) mass is 310 g/mol. The normalized spacial score (nSPS) is 17.0. The van der Waals surface area contributed by atoms with Crippen molar-refractivity contribution in [3.05, 3.63) is 24.3 Å². The lowest BCUT2D eigenvalue weighted by molar-refractivity contribution is -0.148. The molecule has 0 aromatic heterocycles. The molecule has 0 spiro atoms. The molecule has 1 aromatic rings. The molecule has 116 valence electrons. The van der Waals surface area contributed by atoms with Crippen LogP contribution in [0.1, 0.15) is 12.8 Å². The molecule has 1 aliphatic rings. The standard InChI is InChI=1S/C16H22O4S/c1-18-14-5-3-4-6-15(14)20-11-13(16(17)19-2)12-7-9-21-10-8-12/h3-6,12-13H,7-11H2,1-2H3. The molecule has 1 atom stereocenters.